The van der Waals surface area contributed by atoms with Crippen LogP contribution in [0.2, 0.25) is 0 Å². The lowest BCUT2D eigenvalue weighted by Crippen LogP contribution is -2.47. The second kappa shape index (κ2) is 8.14. The number of nitrogens with zero attached hydrogens (tertiary/aromatic N) is 4. The molecule has 1 aromatic heterocycles. The lowest BCUT2D eigenvalue weighted by Gasteiger charge is -2.34. The molecular weight excluding hydrogens is 266 g/mol. The van der Waals surface area contributed by atoms with E-state index in [-0.39, 0.29) is 0 Å². The smallest absolute Gasteiger partial charge is 0.228 e. The first-order valence-corrected chi connectivity index (χ1v) is 7.88. The molecule has 1 fully saturated rings. The minimum Gasteiger partial charge on any atom is -0.478 e. The van der Waals surface area contributed by atoms with Gasteiger partial charge in [0, 0.05) is 37.9 Å². The molecule has 0 radical (unpaired) electrons. The van der Waals surface area contributed by atoms with Crippen molar-refractivity contribution < 1.29 is 4.74 Å². The van der Waals surface area contributed by atoms with E-state index in [0.717, 1.165) is 63.8 Å². The van der Waals surface area contributed by atoms with Crippen molar-refractivity contribution >= 4 is 5.95 Å². The number of nitrogens with two attached hydrogens (primary N) is 1. The van der Waals surface area contributed by atoms with Gasteiger partial charge in [0.1, 0.15) is 0 Å². The Hall–Kier alpha value is -1.40. The van der Waals surface area contributed by atoms with Gasteiger partial charge in [-0.3, -0.25) is 4.90 Å². The van der Waals surface area contributed by atoms with E-state index in [9.17, 15) is 0 Å². The van der Waals surface area contributed by atoms with Crippen LogP contribution in [0.1, 0.15) is 25.5 Å². The average molecular weight is 293 g/mol. The zero-order valence-electron chi connectivity index (χ0n) is 13.2. The normalized spacial score (nSPS) is 16.2. The zero-order valence-corrected chi connectivity index (χ0v) is 13.2. The van der Waals surface area contributed by atoms with Gasteiger partial charge in [-0.15, -0.1) is 0 Å². The zero-order chi connectivity index (χ0) is 15.1. The van der Waals surface area contributed by atoms with Gasteiger partial charge < -0.3 is 15.4 Å². The molecule has 1 aliphatic rings. The third-order valence-electron chi connectivity index (χ3n) is 3.61. The number of piperazine rings is 1. The number of rotatable bonds is 7. The van der Waals surface area contributed by atoms with Crippen molar-refractivity contribution in [2.75, 3.05) is 50.8 Å². The van der Waals surface area contributed by atoms with E-state index >= 15 is 0 Å². The second-order valence-electron chi connectivity index (χ2n) is 5.47. The maximum absolute atomic E-state index is 5.64. The lowest BCUT2D eigenvalue weighted by atomic mass is 10.3. The van der Waals surface area contributed by atoms with E-state index < -0.39 is 0 Å². The van der Waals surface area contributed by atoms with Crippen LogP contribution in [0.25, 0.3) is 0 Å². The predicted octanol–water partition coefficient (Wildman–Crippen LogP) is 1.04. The van der Waals surface area contributed by atoms with Gasteiger partial charge >= 0.3 is 0 Å². The van der Waals surface area contributed by atoms with Crippen LogP contribution in [0, 0.1) is 6.92 Å². The Labute approximate surface area is 127 Å². The fraction of sp³-hybridized carbons (Fsp3) is 0.733. The Bertz CT molecular complexity index is 432. The number of aromatic nitrogens is 2. The van der Waals surface area contributed by atoms with Crippen LogP contribution in [-0.4, -0.2) is 60.7 Å². The van der Waals surface area contributed by atoms with Crippen molar-refractivity contribution in [3.05, 3.63) is 11.8 Å². The number of ether oxygens (including phenoxy) is 1. The van der Waals surface area contributed by atoms with E-state index in [1.54, 1.807) is 0 Å². The minimum absolute atomic E-state index is 0.685. The Morgan fingerprint density at radius 3 is 2.67 bits per heavy atom. The summed E-state index contributed by atoms with van der Waals surface area (Å²) in [5.41, 5.74) is 6.52. The highest BCUT2D eigenvalue weighted by atomic mass is 16.5. The topological polar surface area (TPSA) is 67.5 Å². The largest absolute Gasteiger partial charge is 0.478 e. The monoisotopic (exact) mass is 293 g/mol. The first kappa shape index (κ1) is 16.0. The quantitative estimate of drug-likeness (QED) is 0.810. The summed E-state index contributed by atoms with van der Waals surface area (Å²) in [5, 5.41) is 0. The molecule has 1 saturated heterocycles. The summed E-state index contributed by atoms with van der Waals surface area (Å²) in [6.45, 7) is 10.6. The molecule has 1 aliphatic heterocycles. The van der Waals surface area contributed by atoms with E-state index in [1.165, 1.54) is 0 Å². The van der Waals surface area contributed by atoms with Gasteiger partial charge in [0.25, 0.3) is 0 Å². The summed E-state index contributed by atoms with van der Waals surface area (Å²) >= 11 is 0. The third kappa shape index (κ3) is 4.82. The standard InChI is InChI=1S/C15H27N5O/c1-3-11-21-14-12-13(2)17-15(18-14)20-9-7-19(8-10-20)6-4-5-16/h12H,3-11,16H2,1-2H3. The average Bonchev–Trinajstić information content (AvgIpc) is 2.51. The van der Waals surface area contributed by atoms with Crippen LogP contribution in [0.3, 0.4) is 0 Å². The molecule has 0 saturated carbocycles. The number of anilines is 1. The molecule has 0 atom stereocenters. The van der Waals surface area contributed by atoms with Crippen molar-refractivity contribution in [1.29, 1.82) is 0 Å². The molecule has 0 unspecified atom stereocenters. The highest BCUT2D eigenvalue weighted by Crippen LogP contribution is 2.17. The van der Waals surface area contributed by atoms with Gasteiger partial charge in [-0.2, -0.15) is 4.98 Å². The highest BCUT2D eigenvalue weighted by Gasteiger charge is 2.19. The Morgan fingerprint density at radius 2 is 2.00 bits per heavy atom. The SMILES string of the molecule is CCCOc1cc(C)nc(N2CCN(CCCN)CC2)n1. The molecular formula is C15H27N5O. The van der Waals surface area contributed by atoms with E-state index in [2.05, 4.69) is 26.7 Å². The Morgan fingerprint density at radius 1 is 1.24 bits per heavy atom. The van der Waals surface area contributed by atoms with Gasteiger partial charge in [0.05, 0.1) is 6.61 Å². The van der Waals surface area contributed by atoms with E-state index in [4.69, 9.17) is 10.5 Å². The second-order valence-corrected chi connectivity index (χ2v) is 5.47. The number of aryl methyl sites for hydroxylation is 1. The van der Waals surface area contributed by atoms with Crippen molar-refractivity contribution in [3.63, 3.8) is 0 Å². The van der Waals surface area contributed by atoms with Gasteiger partial charge in [-0.25, -0.2) is 4.98 Å². The summed E-state index contributed by atoms with van der Waals surface area (Å²) in [4.78, 5) is 13.8. The van der Waals surface area contributed by atoms with E-state index in [1.807, 2.05) is 13.0 Å². The first-order chi connectivity index (χ1) is 10.2. The molecule has 2 rings (SSSR count). The summed E-state index contributed by atoms with van der Waals surface area (Å²) < 4.78 is 5.64. The lowest BCUT2D eigenvalue weighted by molar-refractivity contribution is 0.254. The fourth-order valence-electron chi connectivity index (χ4n) is 2.43. The minimum atomic E-state index is 0.685. The van der Waals surface area contributed by atoms with Crippen molar-refractivity contribution in [3.8, 4) is 5.88 Å². The van der Waals surface area contributed by atoms with Crippen LogP contribution in [-0.2, 0) is 0 Å². The molecule has 6 heteroatoms. The molecule has 0 aliphatic carbocycles. The van der Waals surface area contributed by atoms with E-state index in [0.29, 0.717) is 12.5 Å². The van der Waals surface area contributed by atoms with Crippen molar-refractivity contribution in [2.24, 2.45) is 5.73 Å². The van der Waals surface area contributed by atoms with Crippen LogP contribution >= 0.6 is 0 Å². The first-order valence-electron chi connectivity index (χ1n) is 7.88. The molecule has 2 heterocycles. The molecule has 2 N–H and O–H groups in total. The molecule has 0 aromatic carbocycles. The molecule has 6 nitrogen and oxygen atoms in total. The predicted molar refractivity (Wildman–Crippen MR) is 84.9 cm³/mol. The number of hydrogen-bond donors (Lipinski definition) is 1. The molecule has 0 bridgehead atoms. The van der Waals surface area contributed by atoms with Crippen LogP contribution in [0.15, 0.2) is 6.07 Å². The maximum atomic E-state index is 5.64. The van der Waals surface area contributed by atoms with Gasteiger partial charge in [0.2, 0.25) is 11.8 Å². The third-order valence-corrected chi connectivity index (χ3v) is 3.61. The number of hydrogen-bond acceptors (Lipinski definition) is 6. The van der Waals surface area contributed by atoms with Gasteiger partial charge in [-0.1, -0.05) is 6.92 Å². The van der Waals surface area contributed by atoms with Crippen molar-refractivity contribution in [2.45, 2.75) is 26.7 Å². The summed E-state index contributed by atoms with van der Waals surface area (Å²) in [5.74, 6) is 1.48. The Balaban J connectivity index is 1.94. The summed E-state index contributed by atoms with van der Waals surface area (Å²) in [6, 6.07) is 1.90. The molecule has 0 spiro atoms. The highest BCUT2D eigenvalue weighted by molar-refractivity contribution is 5.35. The van der Waals surface area contributed by atoms with Gasteiger partial charge in [0.15, 0.2) is 0 Å². The molecule has 0 amide bonds. The van der Waals surface area contributed by atoms with Crippen LogP contribution in [0.5, 0.6) is 5.88 Å². The maximum Gasteiger partial charge on any atom is 0.228 e. The van der Waals surface area contributed by atoms with Crippen LogP contribution < -0.4 is 15.4 Å². The molecule has 118 valence electrons. The Kier molecular flexibility index (Phi) is 6.20. The molecule has 1 aromatic rings. The summed E-state index contributed by atoms with van der Waals surface area (Å²) in [6.07, 6.45) is 2.05. The summed E-state index contributed by atoms with van der Waals surface area (Å²) in [7, 11) is 0. The van der Waals surface area contributed by atoms with Crippen molar-refractivity contribution in [1.82, 2.24) is 14.9 Å². The molecule has 21 heavy (non-hydrogen) atoms. The van der Waals surface area contributed by atoms with Gasteiger partial charge in [-0.05, 0) is 32.9 Å². The van der Waals surface area contributed by atoms with Crippen LogP contribution in [0.4, 0.5) is 5.95 Å². The fourth-order valence-corrected chi connectivity index (χ4v) is 2.43.